The van der Waals surface area contributed by atoms with Crippen LogP contribution >= 0.6 is 11.3 Å². The van der Waals surface area contributed by atoms with Crippen molar-refractivity contribution in [2.75, 3.05) is 11.4 Å². The molecular formula is C24H26N4O3S2. The van der Waals surface area contributed by atoms with Crippen molar-refractivity contribution < 1.29 is 13.2 Å². The fourth-order valence-electron chi connectivity index (χ4n) is 3.57. The molecule has 0 saturated heterocycles. The van der Waals surface area contributed by atoms with Crippen LogP contribution in [0.2, 0.25) is 0 Å². The van der Waals surface area contributed by atoms with Crippen LogP contribution in [0.4, 0.5) is 5.13 Å². The second-order valence-electron chi connectivity index (χ2n) is 8.19. The molecule has 33 heavy (non-hydrogen) atoms. The van der Waals surface area contributed by atoms with Crippen molar-refractivity contribution in [1.29, 1.82) is 0 Å². The first-order valence-electron chi connectivity index (χ1n) is 10.7. The van der Waals surface area contributed by atoms with Crippen LogP contribution in [-0.4, -0.2) is 40.9 Å². The Kier molecular flexibility index (Phi) is 6.36. The zero-order valence-electron chi connectivity index (χ0n) is 19.0. The number of carbonyl (C=O) groups excluding carboxylic acids is 1. The number of sulfone groups is 1. The molecule has 0 radical (unpaired) electrons. The smallest absolute Gasteiger partial charge is 0.260 e. The number of benzene rings is 2. The molecule has 9 heteroatoms. The highest BCUT2D eigenvalue weighted by Gasteiger charge is 2.24. The van der Waals surface area contributed by atoms with Gasteiger partial charge in [-0.15, -0.1) is 0 Å². The number of para-hydroxylation sites is 1. The molecule has 172 valence electrons. The van der Waals surface area contributed by atoms with Gasteiger partial charge >= 0.3 is 0 Å². The topological polar surface area (TPSA) is 85.2 Å². The molecule has 2 aromatic carbocycles. The second kappa shape index (κ2) is 9.07. The Morgan fingerprint density at radius 3 is 2.39 bits per heavy atom. The van der Waals surface area contributed by atoms with Gasteiger partial charge in [0, 0.05) is 17.8 Å². The minimum absolute atomic E-state index is 0.211. The van der Waals surface area contributed by atoms with Gasteiger partial charge in [-0.2, -0.15) is 5.10 Å². The molecule has 0 aliphatic carbocycles. The summed E-state index contributed by atoms with van der Waals surface area (Å²) in [7, 11) is -3.40. The van der Waals surface area contributed by atoms with E-state index in [9.17, 15) is 13.2 Å². The number of hydrogen-bond acceptors (Lipinski definition) is 6. The highest BCUT2D eigenvalue weighted by Crippen LogP contribution is 2.30. The molecule has 2 aromatic heterocycles. The Labute approximate surface area is 197 Å². The SMILES string of the molecule is Cc1cc(C)n(CCN(C(=O)c2ccc(S(=O)(=O)C(C)C)cc2)c2nc3ccccc3s2)n1. The lowest BCUT2D eigenvalue weighted by Gasteiger charge is -2.20. The van der Waals surface area contributed by atoms with Crippen molar-refractivity contribution in [1.82, 2.24) is 14.8 Å². The average Bonchev–Trinajstić information content (AvgIpc) is 3.35. The number of fused-ring (bicyclic) bond motifs is 1. The molecule has 0 unspecified atom stereocenters. The first-order valence-corrected chi connectivity index (χ1v) is 13.1. The summed E-state index contributed by atoms with van der Waals surface area (Å²) in [5.41, 5.74) is 3.19. The van der Waals surface area contributed by atoms with E-state index in [0.29, 0.717) is 23.8 Å². The normalized spacial score (nSPS) is 11.9. The van der Waals surface area contributed by atoms with E-state index in [-0.39, 0.29) is 10.8 Å². The third-order valence-corrected chi connectivity index (χ3v) is 8.68. The third-order valence-electron chi connectivity index (χ3n) is 5.45. The van der Waals surface area contributed by atoms with Crippen LogP contribution in [-0.2, 0) is 16.4 Å². The number of anilines is 1. The van der Waals surface area contributed by atoms with Gasteiger partial charge in [0.05, 0.1) is 32.6 Å². The van der Waals surface area contributed by atoms with Gasteiger partial charge < -0.3 is 0 Å². The summed E-state index contributed by atoms with van der Waals surface area (Å²) in [6, 6.07) is 15.9. The number of aromatic nitrogens is 3. The highest BCUT2D eigenvalue weighted by atomic mass is 32.2. The number of rotatable bonds is 7. The van der Waals surface area contributed by atoms with Crippen LogP contribution in [0.5, 0.6) is 0 Å². The molecule has 0 bridgehead atoms. The summed E-state index contributed by atoms with van der Waals surface area (Å²) in [5.74, 6) is -0.232. The Morgan fingerprint density at radius 1 is 1.09 bits per heavy atom. The molecule has 0 saturated carbocycles. The zero-order chi connectivity index (χ0) is 23.8. The minimum atomic E-state index is -3.40. The van der Waals surface area contributed by atoms with E-state index in [1.54, 1.807) is 30.9 Å². The van der Waals surface area contributed by atoms with Gasteiger partial charge in [0.25, 0.3) is 5.91 Å². The lowest BCUT2D eigenvalue weighted by Crippen LogP contribution is -2.34. The lowest BCUT2D eigenvalue weighted by atomic mass is 10.2. The van der Waals surface area contributed by atoms with E-state index in [0.717, 1.165) is 21.6 Å². The number of amides is 1. The van der Waals surface area contributed by atoms with E-state index in [1.807, 2.05) is 48.9 Å². The molecule has 4 rings (SSSR count). The molecule has 0 aliphatic heterocycles. The van der Waals surface area contributed by atoms with Gasteiger partial charge in [-0.25, -0.2) is 13.4 Å². The second-order valence-corrected chi connectivity index (χ2v) is 11.7. The number of hydrogen-bond donors (Lipinski definition) is 0. The van der Waals surface area contributed by atoms with Gasteiger partial charge in [-0.05, 0) is 70.2 Å². The first kappa shape index (κ1) is 23.1. The number of thiazole rings is 1. The number of carbonyl (C=O) groups is 1. The van der Waals surface area contributed by atoms with Gasteiger partial charge in [-0.3, -0.25) is 14.4 Å². The van der Waals surface area contributed by atoms with E-state index < -0.39 is 15.1 Å². The standard InChI is InChI=1S/C24H26N4O3S2/c1-16(2)33(30,31)20-11-9-19(10-12-20)23(29)27(13-14-28-18(4)15-17(3)26-28)24-25-21-7-5-6-8-22(21)32-24/h5-12,15-16H,13-14H2,1-4H3. The Balaban J connectivity index is 1.67. The summed E-state index contributed by atoms with van der Waals surface area (Å²) in [6.07, 6.45) is 0. The Bertz CT molecular complexity index is 1370. The zero-order valence-corrected chi connectivity index (χ0v) is 20.7. The van der Waals surface area contributed by atoms with Crippen molar-refractivity contribution in [3.05, 3.63) is 71.5 Å². The summed E-state index contributed by atoms with van der Waals surface area (Å²) < 4.78 is 27.8. The first-order chi connectivity index (χ1) is 15.7. The van der Waals surface area contributed by atoms with Crippen molar-refractivity contribution in [3.63, 3.8) is 0 Å². The van der Waals surface area contributed by atoms with Crippen LogP contribution < -0.4 is 4.90 Å². The average molecular weight is 483 g/mol. The molecule has 0 N–H and O–H groups in total. The van der Waals surface area contributed by atoms with E-state index >= 15 is 0 Å². The molecule has 7 nitrogen and oxygen atoms in total. The van der Waals surface area contributed by atoms with E-state index in [2.05, 4.69) is 10.1 Å². The number of aryl methyl sites for hydroxylation is 2. The van der Waals surface area contributed by atoms with Crippen molar-refractivity contribution >= 4 is 42.4 Å². The van der Waals surface area contributed by atoms with Gasteiger partial charge in [-0.1, -0.05) is 23.5 Å². The largest absolute Gasteiger partial charge is 0.282 e. The third kappa shape index (κ3) is 4.69. The molecule has 0 fully saturated rings. The van der Waals surface area contributed by atoms with E-state index in [4.69, 9.17) is 0 Å². The van der Waals surface area contributed by atoms with Crippen LogP contribution in [0.15, 0.2) is 59.5 Å². The molecular weight excluding hydrogens is 456 g/mol. The fraction of sp³-hybridized carbons (Fsp3) is 0.292. The summed E-state index contributed by atoms with van der Waals surface area (Å²) in [5, 5.41) is 4.57. The van der Waals surface area contributed by atoms with Gasteiger partial charge in [0.1, 0.15) is 0 Å². The van der Waals surface area contributed by atoms with Crippen LogP contribution in [0, 0.1) is 13.8 Å². The molecule has 0 spiro atoms. The summed E-state index contributed by atoms with van der Waals surface area (Å²) in [4.78, 5) is 20.1. The molecule has 0 atom stereocenters. The quantitative estimate of drug-likeness (QED) is 0.383. The monoisotopic (exact) mass is 482 g/mol. The predicted molar refractivity (Wildman–Crippen MR) is 132 cm³/mol. The fourth-order valence-corrected chi connectivity index (χ4v) is 5.62. The maximum absolute atomic E-state index is 13.5. The molecule has 0 aliphatic rings. The summed E-state index contributed by atoms with van der Waals surface area (Å²) in [6.45, 7) is 8.10. The van der Waals surface area contributed by atoms with Crippen LogP contribution in [0.3, 0.4) is 0 Å². The minimum Gasteiger partial charge on any atom is -0.282 e. The Morgan fingerprint density at radius 2 is 1.79 bits per heavy atom. The molecule has 2 heterocycles. The van der Waals surface area contributed by atoms with Crippen LogP contribution in [0.1, 0.15) is 35.6 Å². The van der Waals surface area contributed by atoms with Crippen molar-refractivity contribution in [3.8, 4) is 0 Å². The van der Waals surface area contributed by atoms with E-state index in [1.165, 1.54) is 23.5 Å². The van der Waals surface area contributed by atoms with Gasteiger partial charge in [0.15, 0.2) is 15.0 Å². The van der Waals surface area contributed by atoms with Gasteiger partial charge in [0.2, 0.25) is 0 Å². The maximum atomic E-state index is 13.5. The van der Waals surface area contributed by atoms with Crippen LogP contribution in [0.25, 0.3) is 10.2 Å². The molecule has 1 amide bonds. The predicted octanol–water partition coefficient (Wildman–Crippen LogP) is 4.64. The van der Waals surface area contributed by atoms with Crippen molar-refractivity contribution in [2.45, 2.75) is 44.4 Å². The highest BCUT2D eigenvalue weighted by molar-refractivity contribution is 7.92. The van der Waals surface area contributed by atoms with Crippen molar-refractivity contribution in [2.24, 2.45) is 0 Å². The summed E-state index contributed by atoms with van der Waals surface area (Å²) >= 11 is 1.45. The Hall–Kier alpha value is -3.04. The maximum Gasteiger partial charge on any atom is 0.260 e. The number of nitrogens with zero attached hydrogens (tertiary/aromatic N) is 4. The lowest BCUT2D eigenvalue weighted by molar-refractivity contribution is 0.0985. The molecule has 4 aromatic rings.